The highest BCUT2D eigenvalue weighted by Gasteiger charge is 2.29. The number of piperidine rings is 1. The molecule has 0 bridgehead atoms. The topological polar surface area (TPSA) is 83.9 Å². The number of nitrogens with one attached hydrogen (secondary N) is 2. The first-order valence-corrected chi connectivity index (χ1v) is 8.75. The second-order valence-corrected chi connectivity index (χ2v) is 6.49. The first-order valence-electron chi connectivity index (χ1n) is 8.75. The highest BCUT2D eigenvalue weighted by molar-refractivity contribution is 5.82. The molecule has 3 aromatic rings. The molecular weight excluding hydrogens is 337 g/mol. The number of hydrogen-bond donors (Lipinski definition) is 2. The largest absolute Gasteiger partial charge is 0.477 e. The third-order valence-corrected chi connectivity index (χ3v) is 4.57. The van der Waals surface area contributed by atoms with E-state index in [1.807, 2.05) is 24.9 Å². The molecule has 0 saturated carbocycles. The molecule has 1 saturated heterocycles. The SMILES string of the molecule is CCOc1nc(Nc2cnn(C3CCN(C)CC3F)c2)nc2[nH]ccc12. The standard InChI is InChI=1S/C17H22FN7O/c1-3-26-16-12-4-6-19-15(12)22-17(23-16)21-11-8-20-25(9-11)14-5-7-24(2)10-13(14)18/h4,6,8-9,13-14H,3,5,7,10H2,1-2H3,(H2,19,21,22,23). The maximum absolute atomic E-state index is 14.3. The van der Waals surface area contributed by atoms with Crippen molar-refractivity contribution in [2.24, 2.45) is 0 Å². The van der Waals surface area contributed by atoms with Crippen LogP contribution in [0.5, 0.6) is 5.88 Å². The fourth-order valence-electron chi connectivity index (χ4n) is 3.27. The first kappa shape index (κ1) is 16.8. The van der Waals surface area contributed by atoms with Gasteiger partial charge in [-0.05, 0) is 26.5 Å². The molecule has 1 aliphatic heterocycles. The van der Waals surface area contributed by atoms with Crippen LogP contribution < -0.4 is 10.1 Å². The van der Waals surface area contributed by atoms with Gasteiger partial charge in [0, 0.05) is 25.5 Å². The van der Waals surface area contributed by atoms with Gasteiger partial charge in [0.1, 0.15) is 11.8 Å². The molecule has 3 aromatic heterocycles. The van der Waals surface area contributed by atoms with E-state index < -0.39 is 6.17 Å². The minimum atomic E-state index is -0.933. The van der Waals surface area contributed by atoms with Gasteiger partial charge in [0.2, 0.25) is 11.8 Å². The zero-order chi connectivity index (χ0) is 18.1. The molecule has 2 unspecified atom stereocenters. The van der Waals surface area contributed by atoms with E-state index in [4.69, 9.17) is 4.74 Å². The molecule has 0 aliphatic carbocycles. The summed E-state index contributed by atoms with van der Waals surface area (Å²) in [4.78, 5) is 13.9. The molecule has 4 rings (SSSR count). The Kier molecular flexibility index (Phi) is 4.46. The highest BCUT2D eigenvalue weighted by Crippen LogP contribution is 2.27. The normalized spacial score (nSPS) is 21.2. The van der Waals surface area contributed by atoms with Crippen LogP contribution in [-0.4, -0.2) is 62.5 Å². The van der Waals surface area contributed by atoms with Gasteiger partial charge < -0.3 is 19.9 Å². The van der Waals surface area contributed by atoms with E-state index in [1.54, 1.807) is 23.3 Å². The molecule has 2 atom stereocenters. The lowest BCUT2D eigenvalue weighted by molar-refractivity contribution is 0.101. The molecule has 4 heterocycles. The maximum atomic E-state index is 14.3. The van der Waals surface area contributed by atoms with Gasteiger partial charge in [-0.1, -0.05) is 0 Å². The molecule has 1 aliphatic rings. The molecule has 2 N–H and O–H groups in total. The molecule has 8 nitrogen and oxygen atoms in total. The van der Waals surface area contributed by atoms with Crippen molar-refractivity contribution < 1.29 is 9.13 Å². The van der Waals surface area contributed by atoms with E-state index in [-0.39, 0.29) is 6.04 Å². The quantitative estimate of drug-likeness (QED) is 0.728. The molecule has 0 radical (unpaired) electrons. The molecule has 0 spiro atoms. The summed E-state index contributed by atoms with van der Waals surface area (Å²) in [6.45, 7) is 3.71. The van der Waals surface area contributed by atoms with Crippen LogP contribution in [0.15, 0.2) is 24.7 Å². The molecule has 0 aromatic carbocycles. The molecule has 1 fully saturated rings. The fraction of sp³-hybridized carbons (Fsp3) is 0.471. The summed E-state index contributed by atoms with van der Waals surface area (Å²) in [5.74, 6) is 0.927. The number of nitrogens with zero attached hydrogens (tertiary/aromatic N) is 5. The number of ether oxygens (including phenoxy) is 1. The smallest absolute Gasteiger partial charge is 0.232 e. The lowest BCUT2D eigenvalue weighted by Gasteiger charge is -2.32. The van der Waals surface area contributed by atoms with Crippen molar-refractivity contribution in [1.82, 2.24) is 29.6 Å². The van der Waals surface area contributed by atoms with Crippen LogP contribution in [0.2, 0.25) is 0 Å². The van der Waals surface area contributed by atoms with Gasteiger partial charge in [0.25, 0.3) is 0 Å². The Balaban J connectivity index is 1.55. The van der Waals surface area contributed by atoms with E-state index in [0.717, 1.165) is 18.4 Å². The lowest BCUT2D eigenvalue weighted by Crippen LogP contribution is -2.40. The van der Waals surface area contributed by atoms with Gasteiger partial charge in [-0.2, -0.15) is 15.1 Å². The van der Waals surface area contributed by atoms with Crippen LogP contribution in [0.3, 0.4) is 0 Å². The zero-order valence-corrected chi connectivity index (χ0v) is 14.8. The van der Waals surface area contributed by atoms with Crippen molar-refractivity contribution in [3.05, 3.63) is 24.7 Å². The molecule has 0 amide bonds. The number of rotatable bonds is 5. The summed E-state index contributed by atoms with van der Waals surface area (Å²) in [6.07, 6.45) is 5.06. The third kappa shape index (κ3) is 3.22. The number of likely N-dealkylation sites (tertiary alicyclic amines) is 1. The Morgan fingerprint density at radius 1 is 1.42 bits per heavy atom. The number of anilines is 2. The Hall–Kier alpha value is -2.68. The Morgan fingerprint density at radius 2 is 2.31 bits per heavy atom. The molecule has 9 heteroatoms. The lowest BCUT2D eigenvalue weighted by atomic mass is 10.0. The van der Waals surface area contributed by atoms with Crippen LogP contribution in [0.4, 0.5) is 16.0 Å². The number of aromatic nitrogens is 5. The summed E-state index contributed by atoms with van der Waals surface area (Å²) in [5, 5.41) is 8.29. The summed E-state index contributed by atoms with van der Waals surface area (Å²) in [5.41, 5.74) is 1.40. The van der Waals surface area contributed by atoms with E-state index >= 15 is 0 Å². The number of hydrogen-bond acceptors (Lipinski definition) is 6. The van der Waals surface area contributed by atoms with Crippen LogP contribution in [0.25, 0.3) is 11.0 Å². The summed E-state index contributed by atoms with van der Waals surface area (Å²) >= 11 is 0. The van der Waals surface area contributed by atoms with Crippen molar-refractivity contribution in [2.45, 2.75) is 25.6 Å². The van der Waals surface area contributed by atoms with Gasteiger partial charge >= 0.3 is 0 Å². The minimum absolute atomic E-state index is 0.243. The average molecular weight is 359 g/mol. The van der Waals surface area contributed by atoms with Crippen LogP contribution in [0, 0.1) is 0 Å². The maximum Gasteiger partial charge on any atom is 0.232 e. The predicted octanol–water partition coefficient (Wildman–Crippen LogP) is 2.51. The molecular formula is C17H22FN7O. The Morgan fingerprint density at radius 3 is 3.12 bits per heavy atom. The average Bonchev–Trinajstić information content (AvgIpc) is 3.25. The highest BCUT2D eigenvalue weighted by atomic mass is 19.1. The summed E-state index contributed by atoms with van der Waals surface area (Å²) in [6, 6.07) is 1.64. The van der Waals surface area contributed by atoms with E-state index in [2.05, 4.69) is 25.4 Å². The van der Waals surface area contributed by atoms with Crippen molar-refractivity contribution in [3.8, 4) is 5.88 Å². The predicted molar refractivity (Wildman–Crippen MR) is 96.6 cm³/mol. The monoisotopic (exact) mass is 359 g/mol. The van der Waals surface area contributed by atoms with Crippen LogP contribution in [0.1, 0.15) is 19.4 Å². The number of H-pyrrole nitrogens is 1. The second kappa shape index (κ2) is 6.91. The van der Waals surface area contributed by atoms with Gasteiger partial charge in [-0.3, -0.25) is 4.68 Å². The Bertz CT molecular complexity index is 892. The van der Waals surface area contributed by atoms with Crippen LogP contribution >= 0.6 is 0 Å². The number of alkyl halides is 1. The zero-order valence-electron chi connectivity index (χ0n) is 14.8. The number of fused-ring (bicyclic) bond motifs is 1. The van der Waals surface area contributed by atoms with Crippen molar-refractivity contribution in [2.75, 3.05) is 32.1 Å². The number of halogens is 1. The third-order valence-electron chi connectivity index (χ3n) is 4.57. The van der Waals surface area contributed by atoms with E-state index in [9.17, 15) is 4.39 Å². The first-order chi connectivity index (χ1) is 12.6. The second-order valence-electron chi connectivity index (χ2n) is 6.49. The summed E-state index contributed by atoms with van der Waals surface area (Å²) < 4.78 is 21.6. The van der Waals surface area contributed by atoms with E-state index in [0.29, 0.717) is 36.3 Å². The van der Waals surface area contributed by atoms with Crippen molar-refractivity contribution in [3.63, 3.8) is 0 Å². The van der Waals surface area contributed by atoms with Gasteiger partial charge in [0.05, 0.1) is 29.9 Å². The van der Waals surface area contributed by atoms with E-state index in [1.165, 1.54) is 0 Å². The van der Waals surface area contributed by atoms with Crippen molar-refractivity contribution >= 4 is 22.7 Å². The molecule has 138 valence electrons. The minimum Gasteiger partial charge on any atom is -0.477 e. The van der Waals surface area contributed by atoms with Crippen molar-refractivity contribution in [1.29, 1.82) is 0 Å². The van der Waals surface area contributed by atoms with Gasteiger partial charge in [-0.15, -0.1) is 0 Å². The fourth-order valence-corrected chi connectivity index (χ4v) is 3.27. The Labute approximate surface area is 150 Å². The van der Waals surface area contributed by atoms with Gasteiger partial charge in [0.15, 0.2) is 0 Å². The van der Waals surface area contributed by atoms with Crippen LogP contribution in [-0.2, 0) is 0 Å². The van der Waals surface area contributed by atoms with Gasteiger partial charge in [-0.25, -0.2) is 4.39 Å². The summed E-state index contributed by atoms with van der Waals surface area (Å²) in [7, 11) is 1.93. The molecule has 26 heavy (non-hydrogen) atoms. The number of aromatic amines is 1.